The topological polar surface area (TPSA) is 63.6 Å². The summed E-state index contributed by atoms with van der Waals surface area (Å²) in [6.45, 7) is 8.57. The largest absolute Gasteiger partial charge is 0.510 e. The molecule has 2 aromatic carbocycles. The lowest BCUT2D eigenvalue weighted by Crippen LogP contribution is -2.48. The fourth-order valence-electron chi connectivity index (χ4n) is 4.18. The first kappa shape index (κ1) is 22.1. The van der Waals surface area contributed by atoms with Crippen LogP contribution in [-0.4, -0.2) is 23.8 Å². The average molecular weight is 427 g/mol. The minimum Gasteiger partial charge on any atom is -0.510 e. The van der Waals surface area contributed by atoms with E-state index in [-0.39, 0.29) is 22.9 Å². The summed E-state index contributed by atoms with van der Waals surface area (Å²) in [7, 11) is 1.60. The number of aliphatic hydroxyl groups is 1. The summed E-state index contributed by atoms with van der Waals surface area (Å²) in [5.41, 5.74) is 1.18. The number of rotatable bonds is 4. The van der Waals surface area contributed by atoms with Gasteiger partial charge in [-0.3, -0.25) is 9.59 Å². The van der Waals surface area contributed by atoms with Crippen molar-refractivity contribution in [1.29, 1.82) is 0 Å². The van der Waals surface area contributed by atoms with Crippen molar-refractivity contribution >= 4 is 28.7 Å². The maximum absolute atomic E-state index is 13.2. The maximum atomic E-state index is 13.2. The van der Waals surface area contributed by atoms with Crippen LogP contribution in [0.5, 0.6) is 5.75 Å². The Labute approximate surface area is 182 Å². The van der Waals surface area contributed by atoms with Crippen LogP contribution in [0.1, 0.15) is 45.7 Å². The Bertz CT molecular complexity index is 1080. The molecule has 1 aliphatic rings. The number of methoxy groups -OCH3 is 1. The van der Waals surface area contributed by atoms with E-state index in [0.29, 0.717) is 22.8 Å². The number of aliphatic hydroxyl groups excluding tert-OH is 1. The molecule has 1 N–H and O–H groups in total. The minimum atomic E-state index is -1.20. The van der Waals surface area contributed by atoms with Crippen molar-refractivity contribution in [2.75, 3.05) is 7.11 Å². The van der Waals surface area contributed by atoms with Crippen LogP contribution in [0.25, 0.3) is 16.7 Å². The summed E-state index contributed by atoms with van der Waals surface area (Å²) < 4.78 is 5.48. The summed E-state index contributed by atoms with van der Waals surface area (Å²) in [4.78, 5) is 26.1. The molecule has 158 valence electrons. The Morgan fingerprint density at radius 2 is 1.63 bits per heavy atom. The van der Waals surface area contributed by atoms with E-state index < -0.39 is 10.8 Å². The van der Waals surface area contributed by atoms with Gasteiger partial charge in [-0.1, -0.05) is 36.7 Å². The quantitative estimate of drug-likeness (QED) is 0.604. The Hall–Kier alpha value is -2.59. The van der Waals surface area contributed by atoms with Crippen LogP contribution in [0.4, 0.5) is 0 Å². The van der Waals surface area contributed by atoms with Crippen LogP contribution >= 0.6 is 11.6 Å². The van der Waals surface area contributed by atoms with Crippen molar-refractivity contribution in [3.05, 3.63) is 58.3 Å². The van der Waals surface area contributed by atoms with Gasteiger partial charge in [0, 0.05) is 10.6 Å². The van der Waals surface area contributed by atoms with Gasteiger partial charge in [0.25, 0.3) is 0 Å². The smallest absolute Gasteiger partial charge is 0.179 e. The van der Waals surface area contributed by atoms with E-state index in [1.165, 1.54) is 0 Å². The van der Waals surface area contributed by atoms with Crippen molar-refractivity contribution in [3.8, 4) is 16.9 Å². The zero-order valence-corrected chi connectivity index (χ0v) is 19.0. The second kappa shape index (κ2) is 7.59. The van der Waals surface area contributed by atoms with E-state index in [0.717, 1.165) is 16.7 Å². The van der Waals surface area contributed by atoms with Crippen LogP contribution in [-0.2, 0) is 16.0 Å². The highest BCUT2D eigenvalue weighted by Gasteiger charge is 2.53. The predicted molar refractivity (Wildman–Crippen MR) is 120 cm³/mol. The van der Waals surface area contributed by atoms with E-state index in [1.807, 2.05) is 37.3 Å². The number of benzene rings is 2. The lowest BCUT2D eigenvalue weighted by atomic mass is 9.62. The number of Topliss-reactive ketones (excluding diaryl/α,β-unsaturated/α-hetero) is 2. The van der Waals surface area contributed by atoms with Gasteiger partial charge in [0.2, 0.25) is 0 Å². The van der Waals surface area contributed by atoms with Gasteiger partial charge in [-0.05, 0) is 69.0 Å². The molecule has 0 bridgehead atoms. The molecule has 0 aliphatic heterocycles. The van der Waals surface area contributed by atoms with Gasteiger partial charge in [-0.2, -0.15) is 0 Å². The fraction of sp³-hybridized carbons (Fsp3) is 0.360. The fourth-order valence-corrected chi connectivity index (χ4v) is 4.35. The number of aryl methyl sites for hydroxylation is 1. The molecule has 0 radical (unpaired) electrons. The first-order valence-electron chi connectivity index (χ1n) is 9.97. The number of halogens is 1. The second-order valence-electron chi connectivity index (χ2n) is 8.70. The van der Waals surface area contributed by atoms with Gasteiger partial charge < -0.3 is 9.84 Å². The van der Waals surface area contributed by atoms with Crippen LogP contribution in [0.3, 0.4) is 0 Å². The van der Waals surface area contributed by atoms with E-state index in [1.54, 1.807) is 40.9 Å². The van der Waals surface area contributed by atoms with Gasteiger partial charge in [0.15, 0.2) is 11.6 Å². The van der Waals surface area contributed by atoms with Crippen LogP contribution < -0.4 is 4.74 Å². The van der Waals surface area contributed by atoms with Crippen LogP contribution in [0.15, 0.2) is 42.2 Å². The molecular formula is C25H27ClO4. The third-order valence-electron chi connectivity index (χ3n) is 5.99. The highest BCUT2D eigenvalue weighted by molar-refractivity contribution is 6.34. The van der Waals surface area contributed by atoms with Gasteiger partial charge in [0.1, 0.15) is 11.5 Å². The molecule has 5 heteroatoms. The standard InChI is InChI=1S/C25H27ClO4/c1-7-14-12-15(18-13-16(26)9-11-19(18)30-6)8-10-17(14)20-21(27)24(2,3)23(29)25(4,5)22(20)28/h8-13,27H,7H2,1-6H3. The molecule has 30 heavy (non-hydrogen) atoms. The number of ketones is 2. The van der Waals surface area contributed by atoms with Crippen molar-refractivity contribution in [3.63, 3.8) is 0 Å². The van der Waals surface area contributed by atoms with Crippen molar-refractivity contribution in [2.45, 2.75) is 41.0 Å². The molecule has 2 aromatic rings. The van der Waals surface area contributed by atoms with Crippen molar-refractivity contribution in [1.82, 2.24) is 0 Å². The average Bonchev–Trinajstić information content (AvgIpc) is 2.72. The molecule has 0 spiro atoms. The lowest BCUT2D eigenvalue weighted by molar-refractivity contribution is -0.143. The Morgan fingerprint density at radius 3 is 2.23 bits per heavy atom. The normalized spacial score (nSPS) is 18.0. The molecule has 0 saturated carbocycles. The number of ether oxygens (including phenoxy) is 1. The molecule has 0 saturated heterocycles. The molecule has 0 atom stereocenters. The highest BCUT2D eigenvalue weighted by Crippen LogP contribution is 2.47. The lowest BCUT2D eigenvalue weighted by Gasteiger charge is -2.38. The summed E-state index contributed by atoms with van der Waals surface area (Å²) in [5.74, 6) is -0.107. The maximum Gasteiger partial charge on any atom is 0.179 e. The molecule has 0 fully saturated rings. The summed E-state index contributed by atoms with van der Waals surface area (Å²) in [5, 5.41) is 11.5. The zero-order valence-electron chi connectivity index (χ0n) is 18.2. The summed E-state index contributed by atoms with van der Waals surface area (Å²) in [6.07, 6.45) is 0.644. The Kier molecular flexibility index (Phi) is 5.59. The van der Waals surface area contributed by atoms with Gasteiger partial charge in [-0.15, -0.1) is 0 Å². The van der Waals surface area contributed by atoms with Crippen LogP contribution in [0, 0.1) is 10.8 Å². The SMILES string of the molecule is CCc1cc(-c2cc(Cl)ccc2OC)ccc1C1=C(O)C(C)(C)C(=O)C(C)(C)C1=O. The minimum absolute atomic E-state index is 0.167. The van der Waals surface area contributed by atoms with E-state index in [4.69, 9.17) is 16.3 Å². The van der Waals surface area contributed by atoms with Crippen LogP contribution in [0.2, 0.25) is 5.02 Å². The van der Waals surface area contributed by atoms with E-state index >= 15 is 0 Å². The molecular weight excluding hydrogens is 400 g/mol. The Balaban J connectivity index is 2.24. The van der Waals surface area contributed by atoms with Gasteiger partial charge in [0.05, 0.1) is 23.5 Å². The predicted octanol–water partition coefficient (Wildman–Crippen LogP) is 6.05. The Morgan fingerprint density at radius 1 is 0.967 bits per heavy atom. The second-order valence-corrected chi connectivity index (χ2v) is 9.14. The molecule has 0 amide bonds. The summed E-state index contributed by atoms with van der Waals surface area (Å²) in [6, 6.07) is 11.1. The highest BCUT2D eigenvalue weighted by atomic mass is 35.5. The monoisotopic (exact) mass is 426 g/mol. The van der Waals surface area contributed by atoms with E-state index in [2.05, 4.69) is 0 Å². The van der Waals surface area contributed by atoms with E-state index in [9.17, 15) is 14.7 Å². The third kappa shape index (κ3) is 3.33. The van der Waals surface area contributed by atoms with Gasteiger partial charge in [-0.25, -0.2) is 0 Å². The molecule has 3 rings (SSSR count). The molecule has 4 nitrogen and oxygen atoms in total. The first-order chi connectivity index (χ1) is 14.0. The number of allylic oxidation sites excluding steroid dienone is 2. The molecule has 0 heterocycles. The first-order valence-corrected chi connectivity index (χ1v) is 10.3. The third-order valence-corrected chi connectivity index (χ3v) is 6.22. The van der Waals surface area contributed by atoms with Gasteiger partial charge >= 0.3 is 0 Å². The number of hydrogen-bond donors (Lipinski definition) is 1. The molecule has 0 unspecified atom stereocenters. The van der Waals surface area contributed by atoms with Crippen molar-refractivity contribution in [2.24, 2.45) is 10.8 Å². The number of carbonyl (C=O) groups excluding carboxylic acids is 2. The zero-order chi connectivity index (χ0) is 22.4. The van der Waals surface area contributed by atoms with Crippen molar-refractivity contribution < 1.29 is 19.4 Å². The number of hydrogen-bond acceptors (Lipinski definition) is 4. The number of carbonyl (C=O) groups is 2. The molecule has 0 aromatic heterocycles. The summed E-state index contributed by atoms with van der Waals surface area (Å²) >= 11 is 6.19. The molecule has 1 aliphatic carbocycles.